The topological polar surface area (TPSA) is 50.3 Å². The second-order valence-electron chi connectivity index (χ2n) is 4.52. The molecular formula is C15H17FN2O2S. The maximum Gasteiger partial charge on any atom is 0.263 e. The molecule has 0 atom stereocenters. The third kappa shape index (κ3) is 3.65. The molecule has 0 unspecified atom stereocenters. The zero-order valence-corrected chi connectivity index (χ0v) is 12.6. The second-order valence-corrected chi connectivity index (χ2v) is 6.38. The number of hydrogen-bond acceptors (Lipinski definition) is 3. The Bertz CT molecular complexity index is 690. The summed E-state index contributed by atoms with van der Waals surface area (Å²) in [5.41, 5.74) is 1.03. The first-order valence-corrected chi connectivity index (χ1v) is 8.14. The van der Waals surface area contributed by atoms with Gasteiger partial charge < -0.3 is 0 Å². The number of sulfonamides is 1. The number of hydrogen-bond donors (Lipinski definition) is 0. The Morgan fingerprint density at radius 3 is 2.48 bits per heavy atom. The Labute approximate surface area is 124 Å². The molecule has 6 heteroatoms. The van der Waals surface area contributed by atoms with E-state index in [4.69, 9.17) is 0 Å². The standard InChI is InChI=1S/C15H17FN2O2S/c1-2-18(12-10-13-7-4-3-5-8-13)21(19,20)15-14(16)9-6-11-17-15/h3-9,11H,2,10,12H2,1H3. The highest BCUT2D eigenvalue weighted by Gasteiger charge is 2.27. The molecule has 1 aromatic carbocycles. The van der Waals surface area contributed by atoms with E-state index in [2.05, 4.69) is 4.98 Å². The third-order valence-corrected chi connectivity index (χ3v) is 5.06. The number of nitrogens with zero attached hydrogens (tertiary/aromatic N) is 2. The van der Waals surface area contributed by atoms with Gasteiger partial charge in [0, 0.05) is 19.3 Å². The zero-order chi connectivity index (χ0) is 15.3. The molecule has 0 saturated carbocycles. The molecule has 0 fully saturated rings. The molecule has 0 saturated heterocycles. The summed E-state index contributed by atoms with van der Waals surface area (Å²) >= 11 is 0. The number of likely N-dealkylation sites (N-methyl/N-ethyl adjacent to an activating group) is 1. The first kappa shape index (κ1) is 15.6. The van der Waals surface area contributed by atoms with E-state index in [9.17, 15) is 12.8 Å². The first-order chi connectivity index (χ1) is 10.1. The van der Waals surface area contributed by atoms with Crippen LogP contribution >= 0.6 is 0 Å². The Kier molecular flexibility index (Phi) is 5.03. The summed E-state index contributed by atoms with van der Waals surface area (Å²) in [6.07, 6.45) is 1.85. The van der Waals surface area contributed by atoms with E-state index >= 15 is 0 Å². The fraction of sp³-hybridized carbons (Fsp3) is 0.267. The van der Waals surface area contributed by atoms with Crippen molar-refractivity contribution in [1.29, 1.82) is 0 Å². The number of benzene rings is 1. The van der Waals surface area contributed by atoms with Crippen LogP contribution in [0, 0.1) is 5.82 Å². The van der Waals surface area contributed by atoms with Crippen molar-refractivity contribution in [3.63, 3.8) is 0 Å². The van der Waals surface area contributed by atoms with Crippen molar-refractivity contribution in [2.75, 3.05) is 13.1 Å². The lowest BCUT2D eigenvalue weighted by Gasteiger charge is -2.20. The van der Waals surface area contributed by atoms with E-state index in [-0.39, 0.29) is 6.54 Å². The van der Waals surface area contributed by atoms with E-state index in [0.29, 0.717) is 13.0 Å². The maximum atomic E-state index is 13.7. The van der Waals surface area contributed by atoms with Gasteiger partial charge in [0.1, 0.15) is 0 Å². The second kappa shape index (κ2) is 6.78. The number of halogens is 1. The summed E-state index contributed by atoms with van der Waals surface area (Å²) in [6.45, 7) is 2.29. The predicted molar refractivity (Wildman–Crippen MR) is 78.8 cm³/mol. The molecule has 0 aliphatic rings. The van der Waals surface area contributed by atoms with Gasteiger partial charge in [0.2, 0.25) is 5.03 Å². The van der Waals surface area contributed by atoms with Gasteiger partial charge in [-0.05, 0) is 24.1 Å². The summed E-state index contributed by atoms with van der Waals surface area (Å²) in [5.74, 6) is -0.823. The summed E-state index contributed by atoms with van der Waals surface area (Å²) in [6, 6.07) is 12.0. The van der Waals surface area contributed by atoms with Crippen molar-refractivity contribution < 1.29 is 12.8 Å². The van der Waals surface area contributed by atoms with Crippen LogP contribution in [-0.2, 0) is 16.4 Å². The Morgan fingerprint density at radius 2 is 1.86 bits per heavy atom. The summed E-state index contributed by atoms with van der Waals surface area (Å²) in [5, 5.41) is -0.514. The average molecular weight is 308 g/mol. The molecule has 1 aromatic heterocycles. The van der Waals surface area contributed by atoms with Gasteiger partial charge in [-0.1, -0.05) is 37.3 Å². The first-order valence-electron chi connectivity index (χ1n) is 6.70. The molecule has 2 rings (SSSR count). The minimum atomic E-state index is -3.90. The summed E-state index contributed by atoms with van der Waals surface area (Å²) in [4.78, 5) is 3.67. The lowest BCUT2D eigenvalue weighted by molar-refractivity contribution is 0.423. The molecule has 0 bridgehead atoms. The van der Waals surface area contributed by atoms with Crippen molar-refractivity contribution in [1.82, 2.24) is 9.29 Å². The normalized spacial score (nSPS) is 11.8. The van der Waals surface area contributed by atoms with Crippen LogP contribution < -0.4 is 0 Å². The van der Waals surface area contributed by atoms with Gasteiger partial charge in [-0.2, -0.15) is 4.31 Å². The smallest absolute Gasteiger partial charge is 0.241 e. The molecule has 112 valence electrons. The highest BCUT2D eigenvalue weighted by atomic mass is 32.2. The summed E-state index contributed by atoms with van der Waals surface area (Å²) < 4.78 is 39.8. The molecule has 0 aliphatic carbocycles. The Hall–Kier alpha value is -1.79. The van der Waals surface area contributed by atoms with E-state index in [1.807, 2.05) is 30.3 Å². The molecule has 0 radical (unpaired) electrons. The maximum absolute atomic E-state index is 13.7. The van der Waals surface area contributed by atoms with Crippen LogP contribution in [0.5, 0.6) is 0 Å². The minimum Gasteiger partial charge on any atom is -0.241 e. The van der Waals surface area contributed by atoms with Crippen LogP contribution in [0.2, 0.25) is 0 Å². The predicted octanol–water partition coefficient (Wildman–Crippen LogP) is 2.47. The molecule has 0 N–H and O–H groups in total. The molecule has 1 heterocycles. The number of pyridine rings is 1. The monoisotopic (exact) mass is 308 g/mol. The highest BCUT2D eigenvalue weighted by molar-refractivity contribution is 7.89. The highest BCUT2D eigenvalue weighted by Crippen LogP contribution is 2.16. The van der Waals surface area contributed by atoms with Crippen LogP contribution in [0.3, 0.4) is 0 Å². The molecule has 0 aliphatic heterocycles. The van der Waals surface area contributed by atoms with Crippen molar-refractivity contribution >= 4 is 10.0 Å². The van der Waals surface area contributed by atoms with Crippen LogP contribution in [0.1, 0.15) is 12.5 Å². The summed E-state index contributed by atoms with van der Waals surface area (Å²) in [7, 11) is -3.90. The van der Waals surface area contributed by atoms with Gasteiger partial charge in [0.05, 0.1) is 0 Å². The minimum absolute atomic E-state index is 0.269. The fourth-order valence-electron chi connectivity index (χ4n) is 2.03. The van der Waals surface area contributed by atoms with Crippen LogP contribution in [-0.4, -0.2) is 30.8 Å². The van der Waals surface area contributed by atoms with E-state index in [0.717, 1.165) is 11.6 Å². The largest absolute Gasteiger partial charge is 0.263 e. The molecule has 4 nitrogen and oxygen atoms in total. The van der Waals surface area contributed by atoms with Gasteiger partial charge in [0.15, 0.2) is 5.82 Å². The van der Waals surface area contributed by atoms with Gasteiger partial charge in [0.25, 0.3) is 10.0 Å². The SMILES string of the molecule is CCN(CCc1ccccc1)S(=O)(=O)c1ncccc1F. The van der Waals surface area contributed by atoms with E-state index < -0.39 is 20.9 Å². The average Bonchev–Trinajstić information content (AvgIpc) is 2.49. The van der Waals surface area contributed by atoms with Gasteiger partial charge in [-0.25, -0.2) is 17.8 Å². The van der Waals surface area contributed by atoms with Crippen LogP contribution in [0.4, 0.5) is 4.39 Å². The van der Waals surface area contributed by atoms with Gasteiger partial charge in [-0.15, -0.1) is 0 Å². The molecular weight excluding hydrogens is 291 g/mol. The molecule has 0 amide bonds. The van der Waals surface area contributed by atoms with Crippen LogP contribution in [0.15, 0.2) is 53.7 Å². The van der Waals surface area contributed by atoms with Crippen LogP contribution in [0.25, 0.3) is 0 Å². The molecule has 21 heavy (non-hydrogen) atoms. The van der Waals surface area contributed by atoms with Gasteiger partial charge in [-0.3, -0.25) is 0 Å². The van der Waals surface area contributed by atoms with Crippen molar-refractivity contribution in [3.05, 3.63) is 60.0 Å². The molecule has 2 aromatic rings. The lowest BCUT2D eigenvalue weighted by atomic mass is 10.1. The van der Waals surface area contributed by atoms with Crippen molar-refractivity contribution in [2.45, 2.75) is 18.4 Å². The quantitative estimate of drug-likeness (QED) is 0.824. The Balaban J connectivity index is 2.19. The molecule has 0 spiro atoms. The fourth-order valence-corrected chi connectivity index (χ4v) is 3.45. The van der Waals surface area contributed by atoms with Crippen molar-refractivity contribution in [2.24, 2.45) is 0 Å². The lowest BCUT2D eigenvalue weighted by Crippen LogP contribution is -2.33. The van der Waals surface area contributed by atoms with E-state index in [1.165, 1.54) is 16.6 Å². The number of rotatable bonds is 6. The van der Waals surface area contributed by atoms with E-state index in [1.54, 1.807) is 6.92 Å². The zero-order valence-electron chi connectivity index (χ0n) is 11.7. The van der Waals surface area contributed by atoms with Crippen molar-refractivity contribution in [3.8, 4) is 0 Å². The third-order valence-electron chi connectivity index (χ3n) is 3.15. The Morgan fingerprint density at radius 1 is 1.14 bits per heavy atom. The number of aromatic nitrogens is 1. The van der Waals surface area contributed by atoms with Gasteiger partial charge >= 0.3 is 0 Å².